The van der Waals surface area contributed by atoms with E-state index < -0.39 is 0 Å². The molecule has 2 aromatic heterocycles. The van der Waals surface area contributed by atoms with E-state index in [1.54, 1.807) is 6.07 Å². The van der Waals surface area contributed by atoms with Crippen molar-refractivity contribution in [3.8, 4) is 0 Å². The average molecular weight is 425 g/mol. The van der Waals surface area contributed by atoms with Crippen LogP contribution in [-0.4, -0.2) is 15.5 Å². The Kier molecular flexibility index (Phi) is 4.53. The molecule has 0 saturated heterocycles. The number of carbonyl (C=O) groups excluding carboxylic acids is 1. The Bertz CT molecular complexity index is 870. The number of nitrogens with one attached hydrogen (secondary N) is 1. The van der Waals surface area contributed by atoms with Gasteiger partial charge in [0.25, 0.3) is 5.56 Å². The smallest absolute Gasteiger partial charge is 0.262 e. The minimum absolute atomic E-state index is 0.103. The predicted molar refractivity (Wildman–Crippen MR) is 96.3 cm³/mol. The predicted octanol–water partition coefficient (Wildman–Crippen LogP) is 3.09. The highest BCUT2D eigenvalue weighted by Crippen LogP contribution is 2.14. The van der Waals surface area contributed by atoms with Crippen LogP contribution in [0.5, 0.6) is 0 Å². The number of nitrogens with zero attached hydrogens (tertiary/aromatic N) is 2. The van der Waals surface area contributed by atoms with E-state index in [-0.39, 0.29) is 17.9 Å². The maximum atomic E-state index is 12.2. The van der Waals surface area contributed by atoms with Gasteiger partial charge in [0.2, 0.25) is 5.91 Å². The van der Waals surface area contributed by atoms with Crippen molar-refractivity contribution in [2.24, 2.45) is 0 Å². The minimum Gasteiger partial charge on any atom is -0.326 e. The molecule has 0 saturated carbocycles. The van der Waals surface area contributed by atoms with Gasteiger partial charge in [0, 0.05) is 22.2 Å². The van der Waals surface area contributed by atoms with Gasteiger partial charge < -0.3 is 5.32 Å². The third kappa shape index (κ3) is 3.36. The molecule has 0 atom stereocenters. The van der Waals surface area contributed by atoms with Gasteiger partial charge in [-0.05, 0) is 58.3 Å². The van der Waals surface area contributed by atoms with Crippen molar-refractivity contribution in [3.05, 3.63) is 56.0 Å². The second-order valence-electron chi connectivity index (χ2n) is 4.69. The molecule has 5 nitrogen and oxygen atoms in total. The van der Waals surface area contributed by atoms with E-state index in [1.165, 1.54) is 22.2 Å². The largest absolute Gasteiger partial charge is 0.326 e. The van der Waals surface area contributed by atoms with E-state index in [1.807, 2.05) is 29.6 Å². The van der Waals surface area contributed by atoms with Gasteiger partial charge in [0.05, 0.1) is 11.7 Å². The van der Waals surface area contributed by atoms with E-state index in [2.05, 4.69) is 32.9 Å². The summed E-state index contributed by atoms with van der Waals surface area (Å²) in [5, 5.41) is 5.26. The third-order valence-corrected chi connectivity index (χ3v) is 4.70. The first-order valence-corrected chi connectivity index (χ1v) is 8.57. The van der Waals surface area contributed by atoms with Crippen LogP contribution >= 0.6 is 33.9 Å². The number of thiophene rings is 1. The van der Waals surface area contributed by atoms with E-state index in [0.29, 0.717) is 11.9 Å². The van der Waals surface area contributed by atoms with Gasteiger partial charge in [-0.25, -0.2) is 4.98 Å². The first-order valence-electron chi connectivity index (χ1n) is 6.61. The summed E-state index contributed by atoms with van der Waals surface area (Å²) in [4.78, 5) is 29.1. The van der Waals surface area contributed by atoms with Crippen LogP contribution < -0.4 is 10.9 Å². The molecule has 3 aromatic rings. The number of amides is 1. The SMILES string of the molecule is O=C(CCn1cnc2sccc2c1=O)Nc1ccc(I)cc1. The lowest BCUT2D eigenvalue weighted by molar-refractivity contribution is -0.116. The van der Waals surface area contributed by atoms with E-state index >= 15 is 0 Å². The average Bonchev–Trinajstić information content (AvgIpc) is 2.98. The Balaban J connectivity index is 1.66. The molecule has 0 fully saturated rings. The van der Waals surface area contributed by atoms with Crippen molar-refractivity contribution in [2.75, 3.05) is 5.32 Å². The van der Waals surface area contributed by atoms with Gasteiger partial charge in [0.15, 0.2) is 0 Å². The van der Waals surface area contributed by atoms with Crippen molar-refractivity contribution < 1.29 is 4.79 Å². The highest BCUT2D eigenvalue weighted by Gasteiger charge is 2.07. The number of fused-ring (bicyclic) bond motifs is 1. The number of aromatic nitrogens is 2. The Hall–Kier alpha value is -1.74. The molecular formula is C15H12IN3O2S. The molecule has 3 rings (SSSR count). The number of benzene rings is 1. The highest BCUT2D eigenvalue weighted by molar-refractivity contribution is 14.1. The molecule has 7 heteroatoms. The first-order chi connectivity index (χ1) is 10.6. The molecule has 0 spiro atoms. The molecule has 2 heterocycles. The number of anilines is 1. The lowest BCUT2D eigenvalue weighted by Crippen LogP contribution is -2.23. The number of hydrogen-bond acceptors (Lipinski definition) is 4. The third-order valence-electron chi connectivity index (χ3n) is 3.16. The second-order valence-corrected chi connectivity index (χ2v) is 6.83. The van der Waals surface area contributed by atoms with Crippen LogP contribution in [0.25, 0.3) is 10.2 Å². The van der Waals surface area contributed by atoms with Crippen LogP contribution in [0.2, 0.25) is 0 Å². The van der Waals surface area contributed by atoms with Crippen LogP contribution in [0, 0.1) is 3.57 Å². The molecule has 0 aliphatic rings. The van der Waals surface area contributed by atoms with E-state index in [0.717, 1.165) is 14.1 Å². The van der Waals surface area contributed by atoms with Gasteiger partial charge in [-0.2, -0.15) is 0 Å². The molecule has 0 radical (unpaired) electrons. The summed E-state index contributed by atoms with van der Waals surface area (Å²) in [5.41, 5.74) is 0.650. The summed E-state index contributed by atoms with van der Waals surface area (Å²) >= 11 is 3.64. The fourth-order valence-corrected chi connectivity index (χ4v) is 3.11. The standard InChI is InChI=1S/C15H12IN3O2S/c16-10-1-3-11(4-2-10)18-13(20)5-7-19-9-17-14-12(15(19)21)6-8-22-14/h1-4,6,8-9H,5,7H2,(H,18,20). The van der Waals surface area contributed by atoms with Crippen LogP contribution in [-0.2, 0) is 11.3 Å². The van der Waals surface area contributed by atoms with Crippen molar-refractivity contribution in [2.45, 2.75) is 13.0 Å². The molecule has 0 bridgehead atoms. The first kappa shape index (κ1) is 15.2. The molecule has 1 N–H and O–H groups in total. The second kappa shape index (κ2) is 6.57. The maximum Gasteiger partial charge on any atom is 0.262 e. The van der Waals surface area contributed by atoms with Crippen molar-refractivity contribution in [3.63, 3.8) is 0 Å². The van der Waals surface area contributed by atoms with Crippen LogP contribution in [0.4, 0.5) is 5.69 Å². The monoisotopic (exact) mass is 425 g/mol. The molecule has 0 aliphatic carbocycles. The van der Waals surface area contributed by atoms with E-state index in [9.17, 15) is 9.59 Å². The Morgan fingerprint density at radius 2 is 2.05 bits per heavy atom. The summed E-state index contributed by atoms with van der Waals surface area (Å²) < 4.78 is 2.58. The van der Waals surface area contributed by atoms with Crippen molar-refractivity contribution in [1.29, 1.82) is 0 Å². The molecule has 1 aromatic carbocycles. The Morgan fingerprint density at radius 3 is 2.82 bits per heavy atom. The normalized spacial score (nSPS) is 10.8. The molecule has 22 heavy (non-hydrogen) atoms. The number of hydrogen-bond donors (Lipinski definition) is 1. The van der Waals surface area contributed by atoms with Crippen molar-refractivity contribution in [1.82, 2.24) is 9.55 Å². The van der Waals surface area contributed by atoms with Gasteiger partial charge in [-0.3, -0.25) is 14.2 Å². The van der Waals surface area contributed by atoms with Gasteiger partial charge in [0.1, 0.15) is 4.83 Å². The summed E-state index contributed by atoms with van der Waals surface area (Å²) in [6.45, 7) is 0.313. The number of halogens is 1. The number of carbonyl (C=O) groups is 1. The summed E-state index contributed by atoms with van der Waals surface area (Å²) in [5.74, 6) is -0.126. The quantitative estimate of drug-likeness (QED) is 0.654. The van der Waals surface area contributed by atoms with Crippen LogP contribution in [0.1, 0.15) is 6.42 Å². The molecule has 0 unspecified atom stereocenters. The zero-order valence-corrected chi connectivity index (χ0v) is 14.4. The van der Waals surface area contributed by atoms with E-state index in [4.69, 9.17) is 0 Å². The summed E-state index contributed by atoms with van der Waals surface area (Å²) in [6, 6.07) is 9.32. The number of aryl methyl sites for hydroxylation is 1. The van der Waals surface area contributed by atoms with Gasteiger partial charge in [-0.1, -0.05) is 0 Å². The Morgan fingerprint density at radius 1 is 1.27 bits per heavy atom. The van der Waals surface area contributed by atoms with Gasteiger partial charge >= 0.3 is 0 Å². The zero-order valence-electron chi connectivity index (χ0n) is 11.5. The van der Waals surface area contributed by atoms with Crippen molar-refractivity contribution >= 4 is 55.7 Å². The minimum atomic E-state index is -0.126. The lowest BCUT2D eigenvalue weighted by Gasteiger charge is -2.07. The molecule has 1 amide bonds. The molecule has 0 aliphatic heterocycles. The Labute approximate surface area is 144 Å². The fourth-order valence-electron chi connectivity index (χ4n) is 2.03. The molecule has 112 valence electrons. The lowest BCUT2D eigenvalue weighted by atomic mass is 10.3. The van der Waals surface area contributed by atoms with Crippen LogP contribution in [0.3, 0.4) is 0 Å². The summed E-state index contributed by atoms with van der Waals surface area (Å²) in [6.07, 6.45) is 1.72. The molecular weight excluding hydrogens is 413 g/mol. The topological polar surface area (TPSA) is 64.0 Å². The fraction of sp³-hybridized carbons (Fsp3) is 0.133. The van der Waals surface area contributed by atoms with Crippen LogP contribution in [0.15, 0.2) is 46.8 Å². The summed E-state index contributed by atoms with van der Waals surface area (Å²) in [7, 11) is 0. The maximum absolute atomic E-state index is 12.2. The zero-order chi connectivity index (χ0) is 15.5. The van der Waals surface area contributed by atoms with Gasteiger partial charge in [-0.15, -0.1) is 11.3 Å². The number of rotatable bonds is 4. The highest BCUT2D eigenvalue weighted by atomic mass is 127.